The summed E-state index contributed by atoms with van der Waals surface area (Å²) in [6, 6.07) is 3.21. The standard InChI is InChI=1S/C20H30F2N2O2/c1-13(2)12-24-9-7-16(8-10-24)23-20(25)19(14(3)4)26-18-6-5-15(21)11-17(18)22/h5-6,11,13-14,16,19H,7-10,12H2,1-4H3,(H,23,25). The molecule has 1 heterocycles. The van der Waals surface area contributed by atoms with Crippen LogP contribution in [-0.2, 0) is 4.79 Å². The van der Waals surface area contributed by atoms with Crippen LogP contribution < -0.4 is 10.1 Å². The number of hydrogen-bond donors (Lipinski definition) is 1. The van der Waals surface area contributed by atoms with E-state index in [-0.39, 0.29) is 23.6 Å². The van der Waals surface area contributed by atoms with Gasteiger partial charge in [0.05, 0.1) is 0 Å². The number of carbonyl (C=O) groups excluding carboxylic acids is 1. The van der Waals surface area contributed by atoms with Crippen molar-refractivity contribution in [1.82, 2.24) is 10.2 Å². The second-order valence-electron chi connectivity index (χ2n) is 7.83. The Bertz CT molecular complexity index is 599. The van der Waals surface area contributed by atoms with Gasteiger partial charge in [-0.25, -0.2) is 8.78 Å². The molecular weight excluding hydrogens is 338 g/mol. The average molecular weight is 368 g/mol. The Balaban J connectivity index is 1.92. The van der Waals surface area contributed by atoms with Gasteiger partial charge < -0.3 is 15.0 Å². The molecule has 1 aromatic carbocycles. The number of carbonyl (C=O) groups is 1. The van der Waals surface area contributed by atoms with E-state index >= 15 is 0 Å². The van der Waals surface area contributed by atoms with Crippen molar-refractivity contribution >= 4 is 5.91 Å². The highest BCUT2D eigenvalue weighted by Crippen LogP contribution is 2.22. The molecule has 0 bridgehead atoms. The van der Waals surface area contributed by atoms with Gasteiger partial charge in [0, 0.05) is 31.7 Å². The summed E-state index contributed by atoms with van der Waals surface area (Å²) in [4.78, 5) is 15.1. The molecule has 0 radical (unpaired) electrons. The van der Waals surface area contributed by atoms with Crippen LogP contribution in [0.2, 0.25) is 0 Å². The Morgan fingerprint density at radius 3 is 2.42 bits per heavy atom. The molecule has 1 aliphatic heterocycles. The van der Waals surface area contributed by atoms with Crippen LogP contribution in [0.1, 0.15) is 40.5 Å². The van der Waals surface area contributed by atoms with Gasteiger partial charge in [0.25, 0.3) is 5.91 Å². The number of likely N-dealkylation sites (tertiary alicyclic amines) is 1. The highest BCUT2D eigenvalue weighted by molar-refractivity contribution is 5.81. The van der Waals surface area contributed by atoms with E-state index in [0.29, 0.717) is 5.92 Å². The number of amides is 1. The number of nitrogens with one attached hydrogen (secondary N) is 1. The second-order valence-corrected chi connectivity index (χ2v) is 7.83. The normalized spacial score (nSPS) is 17.5. The summed E-state index contributed by atoms with van der Waals surface area (Å²) in [5.41, 5.74) is 0. The SMILES string of the molecule is CC(C)CN1CCC(NC(=O)C(Oc2ccc(F)cc2F)C(C)C)CC1. The first-order valence-corrected chi connectivity index (χ1v) is 9.40. The Morgan fingerprint density at radius 2 is 1.88 bits per heavy atom. The van der Waals surface area contributed by atoms with Gasteiger partial charge in [-0.3, -0.25) is 4.79 Å². The molecule has 1 saturated heterocycles. The van der Waals surface area contributed by atoms with Crippen molar-refractivity contribution in [1.29, 1.82) is 0 Å². The lowest BCUT2D eigenvalue weighted by Crippen LogP contribution is -2.50. The third kappa shape index (κ3) is 5.94. The molecule has 26 heavy (non-hydrogen) atoms. The van der Waals surface area contributed by atoms with Gasteiger partial charge in [-0.1, -0.05) is 27.7 Å². The molecule has 1 amide bonds. The highest BCUT2D eigenvalue weighted by atomic mass is 19.1. The number of nitrogens with zero attached hydrogens (tertiary/aromatic N) is 1. The number of rotatable bonds is 7. The Labute approximate surface area is 154 Å². The van der Waals surface area contributed by atoms with Crippen LogP contribution in [0.4, 0.5) is 8.78 Å². The van der Waals surface area contributed by atoms with Gasteiger partial charge in [0.15, 0.2) is 17.7 Å². The van der Waals surface area contributed by atoms with Gasteiger partial charge in [-0.15, -0.1) is 0 Å². The van der Waals surface area contributed by atoms with Crippen LogP contribution in [0.25, 0.3) is 0 Å². The smallest absolute Gasteiger partial charge is 0.261 e. The Kier molecular flexibility index (Phi) is 7.38. The topological polar surface area (TPSA) is 41.6 Å². The average Bonchev–Trinajstić information content (AvgIpc) is 2.55. The summed E-state index contributed by atoms with van der Waals surface area (Å²) in [6.45, 7) is 11.1. The van der Waals surface area contributed by atoms with E-state index in [4.69, 9.17) is 4.74 Å². The molecule has 2 rings (SSSR count). The molecule has 6 heteroatoms. The summed E-state index contributed by atoms with van der Waals surface area (Å²) in [7, 11) is 0. The molecule has 0 saturated carbocycles. The summed E-state index contributed by atoms with van der Waals surface area (Å²) in [5.74, 6) is -1.33. The van der Waals surface area contributed by atoms with Crippen molar-refractivity contribution in [3.63, 3.8) is 0 Å². The van der Waals surface area contributed by atoms with Crippen molar-refractivity contribution in [3.05, 3.63) is 29.8 Å². The zero-order chi connectivity index (χ0) is 19.3. The van der Waals surface area contributed by atoms with E-state index in [1.807, 2.05) is 13.8 Å². The van der Waals surface area contributed by atoms with E-state index in [2.05, 4.69) is 24.1 Å². The third-order valence-electron chi connectivity index (χ3n) is 4.57. The molecular formula is C20H30F2N2O2. The summed E-state index contributed by atoms with van der Waals surface area (Å²) in [6.07, 6.45) is 0.978. The van der Waals surface area contributed by atoms with Crippen LogP contribution >= 0.6 is 0 Å². The predicted octanol–water partition coefficient (Wildman–Crippen LogP) is 3.60. The van der Waals surface area contributed by atoms with Crippen molar-refractivity contribution in [2.24, 2.45) is 11.8 Å². The van der Waals surface area contributed by atoms with E-state index in [0.717, 1.165) is 44.6 Å². The van der Waals surface area contributed by atoms with Gasteiger partial charge in [-0.05, 0) is 36.8 Å². The van der Waals surface area contributed by atoms with E-state index in [1.165, 1.54) is 6.07 Å². The molecule has 1 unspecified atom stereocenters. The maximum absolute atomic E-state index is 13.8. The molecule has 0 spiro atoms. The number of hydrogen-bond acceptors (Lipinski definition) is 3. The molecule has 4 nitrogen and oxygen atoms in total. The lowest BCUT2D eigenvalue weighted by molar-refractivity contribution is -0.131. The number of halogens is 2. The van der Waals surface area contributed by atoms with Crippen molar-refractivity contribution in [2.45, 2.75) is 52.7 Å². The summed E-state index contributed by atoms with van der Waals surface area (Å²) >= 11 is 0. The fourth-order valence-corrected chi connectivity index (χ4v) is 3.26. The third-order valence-corrected chi connectivity index (χ3v) is 4.57. The molecule has 1 fully saturated rings. The molecule has 1 aromatic rings. The fraction of sp³-hybridized carbons (Fsp3) is 0.650. The maximum atomic E-state index is 13.8. The quantitative estimate of drug-likeness (QED) is 0.799. The van der Waals surface area contributed by atoms with Gasteiger partial charge in [0.2, 0.25) is 0 Å². The van der Waals surface area contributed by atoms with E-state index in [9.17, 15) is 13.6 Å². The zero-order valence-electron chi connectivity index (χ0n) is 16.1. The monoisotopic (exact) mass is 368 g/mol. The Morgan fingerprint density at radius 1 is 1.23 bits per heavy atom. The van der Waals surface area contributed by atoms with Crippen molar-refractivity contribution in [3.8, 4) is 5.75 Å². The van der Waals surface area contributed by atoms with Crippen LogP contribution in [0.3, 0.4) is 0 Å². The van der Waals surface area contributed by atoms with Crippen LogP contribution in [0.15, 0.2) is 18.2 Å². The van der Waals surface area contributed by atoms with Crippen molar-refractivity contribution in [2.75, 3.05) is 19.6 Å². The van der Waals surface area contributed by atoms with E-state index in [1.54, 1.807) is 0 Å². The first-order chi connectivity index (χ1) is 12.3. The van der Waals surface area contributed by atoms with Crippen LogP contribution in [-0.4, -0.2) is 42.6 Å². The Hall–Kier alpha value is -1.69. The molecule has 146 valence electrons. The molecule has 0 aliphatic carbocycles. The minimum Gasteiger partial charge on any atom is -0.477 e. The molecule has 0 aromatic heterocycles. The highest BCUT2D eigenvalue weighted by Gasteiger charge is 2.29. The van der Waals surface area contributed by atoms with Crippen molar-refractivity contribution < 1.29 is 18.3 Å². The molecule has 1 atom stereocenters. The number of ether oxygens (including phenoxy) is 1. The minimum atomic E-state index is -0.816. The second kappa shape index (κ2) is 9.31. The number of benzene rings is 1. The maximum Gasteiger partial charge on any atom is 0.261 e. The minimum absolute atomic E-state index is 0.105. The first kappa shape index (κ1) is 20.6. The number of piperidine rings is 1. The van der Waals surface area contributed by atoms with Gasteiger partial charge >= 0.3 is 0 Å². The first-order valence-electron chi connectivity index (χ1n) is 9.40. The van der Waals surface area contributed by atoms with Gasteiger partial charge in [-0.2, -0.15) is 0 Å². The molecule has 1 N–H and O–H groups in total. The molecule has 1 aliphatic rings. The van der Waals surface area contributed by atoms with Crippen LogP contribution in [0, 0.1) is 23.5 Å². The zero-order valence-corrected chi connectivity index (χ0v) is 16.1. The predicted molar refractivity (Wildman–Crippen MR) is 98.1 cm³/mol. The van der Waals surface area contributed by atoms with Gasteiger partial charge in [0.1, 0.15) is 5.82 Å². The summed E-state index contributed by atoms with van der Waals surface area (Å²) < 4.78 is 32.5. The summed E-state index contributed by atoms with van der Waals surface area (Å²) in [5, 5.41) is 3.04. The van der Waals surface area contributed by atoms with E-state index < -0.39 is 17.7 Å². The van der Waals surface area contributed by atoms with Crippen LogP contribution in [0.5, 0.6) is 5.75 Å². The lowest BCUT2D eigenvalue weighted by atomic mass is 10.0. The fourth-order valence-electron chi connectivity index (χ4n) is 3.26. The largest absolute Gasteiger partial charge is 0.477 e. The lowest BCUT2D eigenvalue weighted by Gasteiger charge is -2.34.